The number of amides is 1. The molecule has 0 aliphatic heterocycles. The molecule has 1 amide bonds. The van der Waals surface area contributed by atoms with Crippen LogP contribution in [0.5, 0.6) is 5.75 Å². The lowest BCUT2D eigenvalue weighted by molar-refractivity contribution is 0.0942. The monoisotopic (exact) mass is 341 g/mol. The highest BCUT2D eigenvalue weighted by molar-refractivity contribution is 9.10. The Hall–Kier alpha value is -2.22. The molecule has 0 saturated carbocycles. The number of rotatable bonds is 3. The Labute approximate surface area is 120 Å². The lowest BCUT2D eigenvalue weighted by atomic mass is 10.2. The van der Waals surface area contributed by atoms with E-state index in [1.165, 1.54) is 18.2 Å². The lowest BCUT2D eigenvalue weighted by Crippen LogP contribution is -2.26. The molecule has 0 saturated heterocycles. The van der Waals surface area contributed by atoms with Gasteiger partial charge in [-0.3, -0.25) is 14.6 Å². The Balaban J connectivity index is 2.15. The number of hydrogen-bond donors (Lipinski definition) is 3. The summed E-state index contributed by atoms with van der Waals surface area (Å²) in [5.74, 6) is -1.93. The van der Waals surface area contributed by atoms with Gasteiger partial charge in [-0.2, -0.15) is 0 Å². The van der Waals surface area contributed by atoms with Gasteiger partial charge in [-0.25, -0.2) is 9.37 Å². The number of aromatic amines is 1. The van der Waals surface area contributed by atoms with Gasteiger partial charge < -0.3 is 10.4 Å². The summed E-state index contributed by atoms with van der Waals surface area (Å²) in [6.07, 6.45) is 0. The number of hydrogen-bond acceptors (Lipinski definition) is 4. The predicted molar refractivity (Wildman–Crippen MR) is 71.8 cm³/mol. The van der Waals surface area contributed by atoms with Crippen molar-refractivity contribution in [3.05, 3.63) is 56.4 Å². The number of carbonyl (C=O) groups is 1. The van der Waals surface area contributed by atoms with Crippen LogP contribution in [0.3, 0.4) is 0 Å². The number of nitrogens with zero attached hydrogens (tertiary/aromatic N) is 1. The lowest BCUT2D eigenvalue weighted by Gasteiger charge is -2.06. The second-order valence-corrected chi connectivity index (χ2v) is 4.62. The number of aromatic hydroxyl groups is 1. The summed E-state index contributed by atoms with van der Waals surface area (Å²) in [5.41, 5.74) is -0.693. The number of H-pyrrole nitrogens is 1. The molecular weight excluding hydrogens is 333 g/mol. The van der Waals surface area contributed by atoms with Gasteiger partial charge in [0.05, 0.1) is 0 Å². The molecule has 0 fully saturated rings. The van der Waals surface area contributed by atoms with Crippen LogP contribution in [0.25, 0.3) is 0 Å². The SMILES string of the molecule is O=C(NCc1cccc(F)c1)c1nc(Br)[nH]c(=O)c1O. The van der Waals surface area contributed by atoms with E-state index in [0.717, 1.165) is 0 Å². The summed E-state index contributed by atoms with van der Waals surface area (Å²) in [5, 5.41) is 11.9. The van der Waals surface area contributed by atoms with E-state index in [1.807, 2.05) is 0 Å². The van der Waals surface area contributed by atoms with E-state index in [1.54, 1.807) is 6.07 Å². The minimum Gasteiger partial charge on any atom is -0.501 e. The fourth-order valence-corrected chi connectivity index (χ4v) is 1.87. The Morgan fingerprint density at radius 3 is 2.95 bits per heavy atom. The molecular formula is C12H9BrFN3O3. The van der Waals surface area contributed by atoms with Crippen LogP contribution in [0.4, 0.5) is 4.39 Å². The van der Waals surface area contributed by atoms with Crippen LogP contribution in [0, 0.1) is 5.82 Å². The van der Waals surface area contributed by atoms with Crippen molar-refractivity contribution >= 4 is 21.8 Å². The quantitative estimate of drug-likeness (QED) is 0.733. The number of carbonyl (C=O) groups excluding carboxylic acids is 1. The third kappa shape index (κ3) is 3.21. The second-order valence-electron chi connectivity index (χ2n) is 3.87. The van der Waals surface area contributed by atoms with Crippen molar-refractivity contribution in [3.8, 4) is 5.75 Å². The van der Waals surface area contributed by atoms with Crippen LogP contribution in [-0.2, 0) is 6.54 Å². The molecule has 1 heterocycles. The van der Waals surface area contributed by atoms with Crippen molar-refractivity contribution in [3.63, 3.8) is 0 Å². The molecule has 0 unspecified atom stereocenters. The van der Waals surface area contributed by atoms with Gasteiger partial charge in [0.15, 0.2) is 10.4 Å². The molecule has 0 radical (unpaired) electrons. The first-order valence-corrected chi connectivity index (χ1v) is 6.28. The summed E-state index contributed by atoms with van der Waals surface area (Å²) < 4.78 is 13.0. The topological polar surface area (TPSA) is 95.1 Å². The minimum atomic E-state index is -0.831. The van der Waals surface area contributed by atoms with Crippen LogP contribution >= 0.6 is 15.9 Å². The molecule has 2 aromatic rings. The third-order valence-corrected chi connectivity index (χ3v) is 2.80. The van der Waals surface area contributed by atoms with Gasteiger partial charge in [0.2, 0.25) is 5.75 Å². The third-order valence-electron chi connectivity index (χ3n) is 2.42. The summed E-state index contributed by atoms with van der Waals surface area (Å²) in [7, 11) is 0. The second kappa shape index (κ2) is 5.83. The van der Waals surface area contributed by atoms with E-state index < -0.39 is 28.7 Å². The standard InChI is InChI=1S/C12H9BrFN3O3/c13-12-16-8(9(18)11(20)17-12)10(19)15-5-6-2-1-3-7(14)4-6/h1-4,18H,5H2,(H,15,19)(H,16,17,20). The molecule has 2 rings (SSSR count). The van der Waals surface area contributed by atoms with Crippen molar-refractivity contribution in [2.45, 2.75) is 6.54 Å². The molecule has 0 atom stereocenters. The van der Waals surface area contributed by atoms with Crippen LogP contribution in [-0.4, -0.2) is 21.0 Å². The molecule has 0 aliphatic carbocycles. The van der Waals surface area contributed by atoms with Gasteiger partial charge in [0, 0.05) is 6.54 Å². The molecule has 8 heteroatoms. The van der Waals surface area contributed by atoms with Crippen LogP contribution in [0.1, 0.15) is 16.1 Å². The maximum atomic E-state index is 13.0. The van der Waals surface area contributed by atoms with Crippen molar-refractivity contribution < 1.29 is 14.3 Å². The molecule has 6 nitrogen and oxygen atoms in total. The molecule has 1 aromatic carbocycles. The number of benzene rings is 1. The number of nitrogens with one attached hydrogen (secondary N) is 2. The maximum Gasteiger partial charge on any atom is 0.294 e. The van der Waals surface area contributed by atoms with E-state index in [9.17, 15) is 19.1 Å². The van der Waals surface area contributed by atoms with Gasteiger partial charge in [-0.05, 0) is 33.6 Å². The zero-order chi connectivity index (χ0) is 14.7. The molecule has 1 aromatic heterocycles. The minimum absolute atomic E-state index is 0.0243. The first kappa shape index (κ1) is 14.2. The van der Waals surface area contributed by atoms with Crippen LogP contribution in [0.2, 0.25) is 0 Å². The highest BCUT2D eigenvalue weighted by Crippen LogP contribution is 2.11. The van der Waals surface area contributed by atoms with E-state index >= 15 is 0 Å². The van der Waals surface area contributed by atoms with Crippen LogP contribution < -0.4 is 10.9 Å². The number of aromatic nitrogens is 2. The Morgan fingerprint density at radius 2 is 2.25 bits per heavy atom. The highest BCUT2D eigenvalue weighted by atomic mass is 79.9. The Bertz CT molecular complexity index is 717. The average Bonchev–Trinajstić information content (AvgIpc) is 2.40. The van der Waals surface area contributed by atoms with Gasteiger partial charge in [-0.1, -0.05) is 12.1 Å². The van der Waals surface area contributed by atoms with Gasteiger partial charge in [-0.15, -0.1) is 0 Å². The van der Waals surface area contributed by atoms with Gasteiger partial charge in [0.25, 0.3) is 11.5 Å². The molecule has 3 N–H and O–H groups in total. The van der Waals surface area contributed by atoms with E-state index in [0.29, 0.717) is 5.56 Å². The summed E-state index contributed by atoms with van der Waals surface area (Å²) in [6, 6.07) is 5.69. The summed E-state index contributed by atoms with van der Waals surface area (Å²) >= 11 is 2.91. The Kier molecular flexibility index (Phi) is 4.14. The molecule has 104 valence electrons. The smallest absolute Gasteiger partial charge is 0.294 e. The molecule has 0 spiro atoms. The first-order valence-electron chi connectivity index (χ1n) is 5.49. The zero-order valence-electron chi connectivity index (χ0n) is 9.98. The molecule has 0 aliphatic rings. The number of halogens is 2. The largest absolute Gasteiger partial charge is 0.501 e. The zero-order valence-corrected chi connectivity index (χ0v) is 11.6. The van der Waals surface area contributed by atoms with Crippen molar-refractivity contribution in [2.75, 3.05) is 0 Å². The van der Waals surface area contributed by atoms with Crippen LogP contribution in [0.15, 0.2) is 33.8 Å². The van der Waals surface area contributed by atoms with E-state index in [4.69, 9.17) is 0 Å². The van der Waals surface area contributed by atoms with Crippen molar-refractivity contribution in [1.82, 2.24) is 15.3 Å². The first-order chi connectivity index (χ1) is 9.47. The normalized spacial score (nSPS) is 10.3. The molecule has 0 bridgehead atoms. The van der Waals surface area contributed by atoms with Crippen molar-refractivity contribution in [2.24, 2.45) is 0 Å². The van der Waals surface area contributed by atoms with E-state index in [2.05, 4.69) is 31.2 Å². The predicted octanol–water partition coefficient (Wildman–Crippen LogP) is 1.31. The maximum absolute atomic E-state index is 13.0. The van der Waals surface area contributed by atoms with E-state index in [-0.39, 0.29) is 11.3 Å². The summed E-state index contributed by atoms with van der Waals surface area (Å²) in [6.45, 7) is 0.0438. The Morgan fingerprint density at radius 1 is 1.50 bits per heavy atom. The summed E-state index contributed by atoms with van der Waals surface area (Å²) in [4.78, 5) is 29.0. The average molecular weight is 342 g/mol. The van der Waals surface area contributed by atoms with Crippen molar-refractivity contribution in [1.29, 1.82) is 0 Å². The highest BCUT2D eigenvalue weighted by Gasteiger charge is 2.16. The molecule has 20 heavy (non-hydrogen) atoms. The fraction of sp³-hybridized carbons (Fsp3) is 0.0833. The van der Waals surface area contributed by atoms with Gasteiger partial charge in [0.1, 0.15) is 5.82 Å². The van der Waals surface area contributed by atoms with Gasteiger partial charge >= 0.3 is 0 Å². The fourth-order valence-electron chi connectivity index (χ4n) is 1.51.